The SMILES string of the molecule is C#Cc1ccc(OC)nc1. The molecular formula is C8H7NO. The van der Waals surface area contributed by atoms with Gasteiger partial charge in [-0.15, -0.1) is 6.42 Å². The largest absolute Gasteiger partial charge is 0.481 e. The topological polar surface area (TPSA) is 22.1 Å². The van der Waals surface area contributed by atoms with E-state index in [-0.39, 0.29) is 0 Å². The van der Waals surface area contributed by atoms with E-state index in [1.54, 1.807) is 25.4 Å². The third-order valence-electron chi connectivity index (χ3n) is 1.11. The number of terminal acetylenes is 1. The summed E-state index contributed by atoms with van der Waals surface area (Å²) in [6, 6.07) is 3.51. The molecule has 0 radical (unpaired) electrons. The summed E-state index contributed by atoms with van der Waals surface area (Å²) >= 11 is 0. The van der Waals surface area contributed by atoms with Crippen molar-refractivity contribution < 1.29 is 4.74 Å². The molecule has 1 aromatic rings. The van der Waals surface area contributed by atoms with E-state index < -0.39 is 0 Å². The fraction of sp³-hybridized carbons (Fsp3) is 0.125. The normalized spacial score (nSPS) is 8.40. The fourth-order valence-corrected chi connectivity index (χ4v) is 0.586. The van der Waals surface area contributed by atoms with E-state index in [9.17, 15) is 0 Å². The Morgan fingerprint density at radius 2 is 2.40 bits per heavy atom. The zero-order valence-corrected chi connectivity index (χ0v) is 5.66. The number of aromatic nitrogens is 1. The minimum Gasteiger partial charge on any atom is -0.481 e. The first-order valence-electron chi connectivity index (χ1n) is 2.83. The van der Waals surface area contributed by atoms with Gasteiger partial charge in [0.1, 0.15) is 0 Å². The minimum absolute atomic E-state index is 0.582. The molecule has 2 heteroatoms. The minimum atomic E-state index is 0.582. The molecule has 0 atom stereocenters. The number of nitrogens with zero attached hydrogens (tertiary/aromatic N) is 1. The van der Waals surface area contributed by atoms with Crippen molar-refractivity contribution in [2.45, 2.75) is 0 Å². The van der Waals surface area contributed by atoms with Gasteiger partial charge < -0.3 is 4.74 Å². The fourth-order valence-electron chi connectivity index (χ4n) is 0.586. The number of methoxy groups -OCH3 is 1. The van der Waals surface area contributed by atoms with Gasteiger partial charge >= 0.3 is 0 Å². The van der Waals surface area contributed by atoms with E-state index in [2.05, 4.69) is 10.9 Å². The van der Waals surface area contributed by atoms with Crippen LogP contribution in [0.15, 0.2) is 18.3 Å². The highest BCUT2D eigenvalue weighted by Gasteiger charge is 1.89. The standard InChI is InChI=1S/C8H7NO/c1-3-7-4-5-8(10-2)9-6-7/h1,4-6H,2H3. The van der Waals surface area contributed by atoms with Gasteiger partial charge in [-0.1, -0.05) is 5.92 Å². The van der Waals surface area contributed by atoms with Crippen molar-refractivity contribution in [1.82, 2.24) is 4.98 Å². The van der Waals surface area contributed by atoms with E-state index >= 15 is 0 Å². The average molecular weight is 133 g/mol. The Kier molecular flexibility index (Phi) is 1.91. The van der Waals surface area contributed by atoms with Gasteiger partial charge in [0, 0.05) is 17.8 Å². The van der Waals surface area contributed by atoms with Gasteiger partial charge in [0.2, 0.25) is 5.88 Å². The number of pyridine rings is 1. The molecule has 1 heterocycles. The maximum absolute atomic E-state index is 5.11. The molecule has 0 aliphatic heterocycles. The van der Waals surface area contributed by atoms with Crippen molar-refractivity contribution in [2.24, 2.45) is 0 Å². The molecule has 0 bridgehead atoms. The zero-order valence-electron chi connectivity index (χ0n) is 5.66. The number of hydrogen-bond acceptors (Lipinski definition) is 2. The highest BCUT2D eigenvalue weighted by molar-refractivity contribution is 5.31. The molecule has 10 heavy (non-hydrogen) atoms. The summed E-state index contributed by atoms with van der Waals surface area (Å²) < 4.78 is 4.83. The second kappa shape index (κ2) is 2.88. The second-order valence-corrected chi connectivity index (χ2v) is 1.73. The van der Waals surface area contributed by atoms with E-state index in [1.165, 1.54) is 0 Å². The average Bonchev–Trinajstić information content (AvgIpc) is 2.05. The first kappa shape index (κ1) is 6.63. The molecule has 0 amide bonds. The molecule has 0 aromatic carbocycles. The van der Waals surface area contributed by atoms with E-state index in [0.717, 1.165) is 5.56 Å². The molecule has 1 rings (SSSR count). The Labute approximate surface area is 59.9 Å². The van der Waals surface area contributed by atoms with Crippen molar-refractivity contribution in [2.75, 3.05) is 7.11 Å². The molecule has 1 aromatic heterocycles. The van der Waals surface area contributed by atoms with Crippen LogP contribution >= 0.6 is 0 Å². The van der Waals surface area contributed by atoms with Crippen molar-refractivity contribution in [3.63, 3.8) is 0 Å². The van der Waals surface area contributed by atoms with Crippen LogP contribution in [0, 0.1) is 12.3 Å². The third-order valence-corrected chi connectivity index (χ3v) is 1.11. The Hall–Kier alpha value is -1.49. The third kappa shape index (κ3) is 1.26. The van der Waals surface area contributed by atoms with Crippen molar-refractivity contribution >= 4 is 0 Å². The summed E-state index contributed by atoms with van der Waals surface area (Å²) in [4.78, 5) is 3.90. The van der Waals surface area contributed by atoms with Gasteiger partial charge in [-0.3, -0.25) is 0 Å². The lowest BCUT2D eigenvalue weighted by Gasteiger charge is -1.95. The lowest BCUT2D eigenvalue weighted by molar-refractivity contribution is 0.398. The van der Waals surface area contributed by atoms with E-state index in [0.29, 0.717) is 5.88 Å². The van der Waals surface area contributed by atoms with Crippen LogP contribution in [-0.2, 0) is 0 Å². The lowest BCUT2D eigenvalue weighted by atomic mass is 10.3. The maximum atomic E-state index is 5.11. The van der Waals surface area contributed by atoms with Crippen molar-refractivity contribution in [3.05, 3.63) is 23.9 Å². The van der Waals surface area contributed by atoms with E-state index in [4.69, 9.17) is 11.2 Å². The lowest BCUT2D eigenvalue weighted by Crippen LogP contribution is -1.86. The molecule has 0 aliphatic rings. The van der Waals surface area contributed by atoms with Gasteiger partial charge in [-0.05, 0) is 6.07 Å². The van der Waals surface area contributed by atoms with Gasteiger partial charge in [-0.25, -0.2) is 4.98 Å². The highest BCUT2D eigenvalue weighted by atomic mass is 16.5. The van der Waals surface area contributed by atoms with Crippen molar-refractivity contribution in [3.8, 4) is 18.2 Å². The van der Waals surface area contributed by atoms with Crippen LogP contribution in [0.2, 0.25) is 0 Å². The summed E-state index contributed by atoms with van der Waals surface area (Å²) in [7, 11) is 1.57. The molecule has 0 unspecified atom stereocenters. The summed E-state index contributed by atoms with van der Waals surface area (Å²) in [5, 5.41) is 0. The molecule has 0 N–H and O–H groups in total. The summed E-state index contributed by atoms with van der Waals surface area (Å²) in [5.41, 5.74) is 0.765. The molecule has 0 aliphatic carbocycles. The van der Waals surface area contributed by atoms with Gasteiger partial charge in [0.15, 0.2) is 0 Å². The molecule has 0 saturated carbocycles. The molecule has 0 fully saturated rings. The van der Waals surface area contributed by atoms with Crippen LogP contribution in [0.4, 0.5) is 0 Å². The summed E-state index contributed by atoms with van der Waals surface area (Å²) in [6.07, 6.45) is 6.71. The highest BCUT2D eigenvalue weighted by Crippen LogP contribution is 2.04. The number of rotatable bonds is 1. The van der Waals surface area contributed by atoms with E-state index in [1.807, 2.05) is 0 Å². The first-order valence-corrected chi connectivity index (χ1v) is 2.83. The van der Waals surface area contributed by atoms with Crippen LogP contribution < -0.4 is 4.74 Å². The van der Waals surface area contributed by atoms with Crippen molar-refractivity contribution in [1.29, 1.82) is 0 Å². The predicted molar refractivity (Wildman–Crippen MR) is 38.7 cm³/mol. The monoisotopic (exact) mass is 133 g/mol. The molecule has 2 nitrogen and oxygen atoms in total. The van der Waals surface area contributed by atoms with Gasteiger partial charge in [-0.2, -0.15) is 0 Å². The van der Waals surface area contributed by atoms with Crippen LogP contribution in [0.1, 0.15) is 5.56 Å². The Bertz CT molecular complexity index is 245. The van der Waals surface area contributed by atoms with Gasteiger partial charge in [0.25, 0.3) is 0 Å². The summed E-state index contributed by atoms with van der Waals surface area (Å²) in [5.74, 6) is 3.04. The predicted octanol–water partition coefficient (Wildman–Crippen LogP) is 1.07. The van der Waals surface area contributed by atoms with Crippen LogP contribution in [-0.4, -0.2) is 12.1 Å². The molecule has 0 spiro atoms. The maximum Gasteiger partial charge on any atom is 0.212 e. The van der Waals surface area contributed by atoms with Crippen LogP contribution in [0.3, 0.4) is 0 Å². The van der Waals surface area contributed by atoms with Crippen LogP contribution in [0.5, 0.6) is 5.88 Å². The summed E-state index contributed by atoms with van der Waals surface area (Å²) in [6.45, 7) is 0. The molecule has 50 valence electrons. The Balaban J connectivity index is 2.93. The van der Waals surface area contributed by atoms with Gasteiger partial charge in [0.05, 0.1) is 7.11 Å². The molecular weight excluding hydrogens is 126 g/mol. The first-order chi connectivity index (χ1) is 4.86. The Morgan fingerprint density at radius 1 is 1.60 bits per heavy atom. The molecule has 0 saturated heterocycles. The van der Waals surface area contributed by atoms with Crippen LogP contribution in [0.25, 0.3) is 0 Å². The number of ether oxygens (including phenoxy) is 1. The zero-order chi connectivity index (χ0) is 7.40. The smallest absolute Gasteiger partial charge is 0.212 e. The second-order valence-electron chi connectivity index (χ2n) is 1.73. The Morgan fingerprint density at radius 3 is 2.80 bits per heavy atom. The number of hydrogen-bond donors (Lipinski definition) is 0. The quantitative estimate of drug-likeness (QED) is 0.534.